The summed E-state index contributed by atoms with van der Waals surface area (Å²) >= 11 is 6.78. The lowest BCUT2D eigenvalue weighted by Gasteiger charge is -2.05. The van der Waals surface area contributed by atoms with E-state index in [0.29, 0.717) is 4.34 Å². The monoisotopic (exact) mass is 301 g/mol. The highest BCUT2D eigenvalue weighted by Gasteiger charge is 2.15. The fourth-order valence-electron chi connectivity index (χ4n) is 1.51. The van der Waals surface area contributed by atoms with Crippen LogP contribution >= 0.6 is 22.9 Å². The van der Waals surface area contributed by atoms with Gasteiger partial charge in [0.15, 0.2) is 0 Å². The van der Waals surface area contributed by atoms with Gasteiger partial charge in [0.2, 0.25) is 10.0 Å². The average molecular weight is 302 g/mol. The van der Waals surface area contributed by atoms with Crippen LogP contribution in [0.25, 0.3) is 0 Å². The molecule has 0 aliphatic rings. The van der Waals surface area contributed by atoms with Gasteiger partial charge < -0.3 is 0 Å². The molecular weight excluding hydrogens is 290 g/mol. The van der Waals surface area contributed by atoms with E-state index < -0.39 is 10.0 Å². The number of hydrogen-bond donors (Lipinski definition) is 1. The summed E-state index contributed by atoms with van der Waals surface area (Å²) in [7, 11) is -3.47. The molecule has 1 aromatic heterocycles. The molecule has 0 fully saturated rings. The molecule has 0 atom stereocenters. The Kier molecular flexibility index (Phi) is 4.07. The molecule has 18 heavy (non-hydrogen) atoms. The first kappa shape index (κ1) is 13.5. The van der Waals surface area contributed by atoms with Crippen molar-refractivity contribution in [1.82, 2.24) is 4.72 Å². The van der Waals surface area contributed by atoms with Crippen molar-refractivity contribution in [2.24, 2.45) is 0 Å². The Morgan fingerprint density at radius 2 is 2.06 bits per heavy atom. The summed E-state index contributed by atoms with van der Waals surface area (Å²) in [5.41, 5.74) is 2.03. The average Bonchev–Trinajstić information content (AvgIpc) is 2.74. The van der Waals surface area contributed by atoms with Crippen molar-refractivity contribution >= 4 is 33.0 Å². The van der Waals surface area contributed by atoms with E-state index in [-0.39, 0.29) is 10.8 Å². The third-order valence-corrected chi connectivity index (χ3v) is 5.49. The predicted octanol–water partition coefficient (Wildman–Crippen LogP) is 3.19. The van der Waals surface area contributed by atoms with Crippen molar-refractivity contribution in [2.45, 2.75) is 17.7 Å². The minimum absolute atomic E-state index is 0.236. The maximum atomic E-state index is 11.9. The van der Waals surface area contributed by atoms with Crippen LogP contribution in [0.2, 0.25) is 4.34 Å². The van der Waals surface area contributed by atoms with Gasteiger partial charge in [-0.1, -0.05) is 41.4 Å². The molecule has 1 N–H and O–H groups in total. The van der Waals surface area contributed by atoms with Gasteiger partial charge in [0.05, 0.1) is 4.34 Å². The normalized spacial score (nSPS) is 11.7. The number of nitrogens with one attached hydrogen (secondary N) is 1. The van der Waals surface area contributed by atoms with Crippen molar-refractivity contribution in [1.29, 1.82) is 0 Å². The highest BCUT2D eigenvalue weighted by molar-refractivity contribution is 7.91. The van der Waals surface area contributed by atoms with E-state index in [2.05, 4.69) is 4.72 Å². The highest BCUT2D eigenvalue weighted by atomic mass is 35.5. The summed E-state index contributed by atoms with van der Waals surface area (Å²) in [6.07, 6.45) is 0. The molecule has 2 rings (SSSR count). The fraction of sp³-hybridized carbons (Fsp3) is 0.167. The lowest BCUT2D eigenvalue weighted by molar-refractivity contribution is 0.583. The number of aryl methyl sites for hydroxylation is 1. The first-order chi connectivity index (χ1) is 8.47. The second-order valence-electron chi connectivity index (χ2n) is 3.87. The summed E-state index contributed by atoms with van der Waals surface area (Å²) in [6.45, 7) is 2.25. The van der Waals surface area contributed by atoms with Crippen molar-refractivity contribution in [3.05, 3.63) is 51.9 Å². The van der Waals surface area contributed by atoms with Crippen LogP contribution in [0.4, 0.5) is 0 Å². The molecule has 0 saturated heterocycles. The molecule has 0 radical (unpaired) electrons. The van der Waals surface area contributed by atoms with Crippen LogP contribution in [0.3, 0.4) is 0 Å². The summed E-state index contributed by atoms with van der Waals surface area (Å²) < 4.78 is 27.1. The van der Waals surface area contributed by atoms with Gasteiger partial charge in [-0.3, -0.25) is 0 Å². The first-order valence-corrected chi connectivity index (χ1v) is 7.96. The Labute approximate surface area is 115 Å². The molecule has 0 bridgehead atoms. The highest BCUT2D eigenvalue weighted by Crippen LogP contribution is 2.25. The quantitative estimate of drug-likeness (QED) is 0.942. The molecule has 0 saturated carbocycles. The topological polar surface area (TPSA) is 46.2 Å². The second-order valence-corrected chi connectivity index (χ2v) is 7.58. The van der Waals surface area contributed by atoms with Gasteiger partial charge in [0, 0.05) is 6.54 Å². The van der Waals surface area contributed by atoms with Crippen molar-refractivity contribution in [3.8, 4) is 0 Å². The van der Waals surface area contributed by atoms with Crippen LogP contribution in [0, 0.1) is 6.92 Å². The molecule has 96 valence electrons. The van der Waals surface area contributed by atoms with E-state index in [0.717, 1.165) is 22.5 Å². The van der Waals surface area contributed by atoms with Gasteiger partial charge in [0.25, 0.3) is 0 Å². The van der Waals surface area contributed by atoms with Gasteiger partial charge in [-0.25, -0.2) is 13.1 Å². The van der Waals surface area contributed by atoms with Crippen molar-refractivity contribution in [2.75, 3.05) is 0 Å². The summed E-state index contributed by atoms with van der Waals surface area (Å²) in [5.74, 6) is 0. The summed E-state index contributed by atoms with van der Waals surface area (Å²) in [6, 6.07) is 10.8. The van der Waals surface area contributed by atoms with E-state index in [9.17, 15) is 8.42 Å². The molecule has 0 amide bonds. The van der Waals surface area contributed by atoms with Crippen LogP contribution in [0.15, 0.2) is 40.6 Å². The van der Waals surface area contributed by atoms with E-state index >= 15 is 0 Å². The first-order valence-electron chi connectivity index (χ1n) is 5.28. The number of hydrogen-bond acceptors (Lipinski definition) is 3. The lowest BCUT2D eigenvalue weighted by Crippen LogP contribution is -2.22. The van der Waals surface area contributed by atoms with Crippen molar-refractivity contribution in [3.63, 3.8) is 0 Å². The number of halogens is 1. The largest absolute Gasteiger partial charge is 0.250 e. The van der Waals surface area contributed by atoms with E-state index in [1.54, 1.807) is 6.07 Å². The maximum Gasteiger partial charge on any atom is 0.250 e. The third-order valence-electron chi connectivity index (χ3n) is 2.36. The second kappa shape index (κ2) is 5.40. The van der Waals surface area contributed by atoms with Crippen LogP contribution in [-0.4, -0.2) is 8.42 Å². The van der Waals surface area contributed by atoms with Crippen LogP contribution in [0.5, 0.6) is 0 Å². The number of rotatable bonds is 4. The van der Waals surface area contributed by atoms with Gasteiger partial charge in [-0.05, 0) is 24.6 Å². The maximum absolute atomic E-state index is 11.9. The smallest absolute Gasteiger partial charge is 0.206 e. The van der Waals surface area contributed by atoms with Crippen molar-refractivity contribution < 1.29 is 8.42 Å². The van der Waals surface area contributed by atoms with Gasteiger partial charge >= 0.3 is 0 Å². The lowest BCUT2D eigenvalue weighted by atomic mass is 10.1. The van der Waals surface area contributed by atoms with Gasteiger partial charge in [-0.2, -0.15) is 0 Å². The molecule has 1 aromatic carbocycles. The van der Waals surface area contributed by atoms with E-state index in [1.807, 2.05) is 31.2 Å². The molecular formula is C12H12ClNO2S2. The Balaban J connectivity index is 2.10. The van der Waals surface area contributed by atoms with E-state index in [1.165, 1.54) is 6.07 Å². The Morgan fingerprint density at radius 3 is 2.67 bits per heavy atom. The molecule has 0 spiro atoms. The molecule has 2 aromatic rings. The van der Waals surface area contributed by atoms with Crippen LogP contribution in [0.1, 0.15) is 11.1 Å². The SMILES string of the molecule is Cc1cccc(CNS(=O)(=O)c2ccc(Cl)s2)c1. The zero-order valence-corrected chi connectivity index (χ0v) is 12.1. The zero-order chi connectivity index (χ0) is 13.2. The number of benzene rings is 1. The minimum Gasteiger partial charge on any atom is -0.206 e. The molecule has 3 nitrogen and oxygen atoms in total. The Morgan fingerprint density at radius 1 is 1.28 bits per heavy atom. The molecule has 0 unspecified atom stereocenters. The Hall–Kier alpha value is -0.880. The molecule has 1 heterocycles. The predicted molar refractivity (Wildman–Crippen MR) is 74.5 cm³/mol. The van der Waals surface area contributed by atoms with Crippen LogP contribution in [-0.2, 0) is 16.6 Å². The molecule has 0 aliphatic heterocycles. The van der Waals surface area contributed by atoms with Gasteiger partial charge in [-0.15, -0.1) is 11.3 Å². The molecule has 6 heteroatoms. The number of thiophene rings is 1. The number of sulfonamides is 1. The summed E-state index contributed by atoms with van der Waals surface area (Å²) in [5, 5.41) is 0. The zero-order valence-electron chi connectivity index (χ0n) is 9.68. The summed E-state index contributed by atoms with van der Waals surface area (Å²) in [4.78, 5) is 0. The van der Waals surface area contributed by atoms with Gasteiger partial charge in [0.1, 0.15) is 4.21 Å². The van der Waals surface area contributed by atoms with E-state index in [4.69, 9.17) is 11.6 Å². The third kappa shape index (κ3) is 3.32. The molecule has 0 aliphatic carbocycles. The minimum atomic E-state index is -3.47. The van der Waals surface area contributed by atoms with Crippen LogP contribution < -0.4 is 4.72 Å². The Bertz CT molecular complexity index is 650. The standard InChI is InChI=1S/C12H12ClNO2S2/c1-9-3-2-4-10(7-9)8-14-18(15,16)12-6-5-11(13)17-12/h2-7,14H,8H2,1H3. The fourth-order valence-corrected chi connectivity index (χ4v) is 4.06.